The van der Waals surface area contributed by atoms with Gasteiger partial charge in [-0.3, -0.25) is 4.79 Å². The average Bonchev–Trinajstić information content (AvgIpc) is 3.35. The highest BCUT2D eigenvalue weighted by Crippen LogP contribution is 2.33. The third-order valence-corrected chi connectivity index (χ3v) is 7.32. The van der Waals surface area contributed by atoms with E-state index in [2.05, 4.69) is 5.32 Å². The van der Waals surface area contributed by atoms with Gasteiger partial charge in [-0.25, -0.2) is 13.2 Å². The molecule has 1 saturated heterocycles. The molecule has 0 aromatic heterocycles. The van der Waals surface area contributed by atoms with Crippen molar-refractivity contribution in [3.05, 3.63) is 53.1 Å². The van der Waals surface area contributed by atoms with E-state index in [0.29, 0.717) is 22.6 Å². The Balaban J connectivity index is 1.43. The zero-order chi connectivity index (χ0) is 25.7. The molecule has 2 aliphatic heterocycles. The van der Waals surface area contributed by atoms with E-state index in [1.165, 1.54) is 22.5 Å². The molecule has 0 radical (unpaired) electrons. The van der Waals surface area contributed by atoms with Crippen LogP contribution in [-0.4, -0.2) is 64.3 Å². The molecule has 188 valence electrons. The first kappa shape index (κ1) is 25.2. The first-order chi connectivity index (χ1) is 17.3. The largest absolute Gasteiger partial charge is 0.454 e. The molecule has 11 nitrogen and oxygen atoms in total. The lowest BCUT2D eigenvalue weighted by atomic mass is 10.1. The van der Waals surface area contributed by atoms with Crippen LogP contribution in [0.15, 0.2) is 46.9 Å². The molecule has 2 aromatic rings. The lowest BCUT2D eigenvalue weighted by Crippen LogP contribution is -2.41. The minimum atomic E-state index is -3.89. The summed E-state index contributed by atoms with van der Waals surface area (Å²) >= 11 is 0. The average molecular weight is 514 g/mol. The van der Waals surface area contributed by atoms with Gasteiger partial charge in [-0.1, -0.05) is 12.1 Å². The van der Waals surface area contributed by atoms with E-state index in [4.69, 9.17) is 18.9 Å². The number of carbonyl (C=O) groups excluding carboxylic acids is 2. The van der Waals surface area contributed by atoms with Gasteiger partial charge in [0.15, 0.2) is 18.1 Å². The smallest absolute Gasteiger partial charge is 0.349 e. The fourth-order valence-corrected chi connectivity index (χ4v) is 5.21. The van der Waals surface area contributed by atoms with Crippen LogP contribution in [0.1, 0.15) is 11.1 Å². The SMILES string of the molecule is Cc1ccc(NC(=O)COC(=O)/C(C#N)=C/c2ccc3c(c2)OCO3)c(S(=O)(=O)N2CCOCC2)c1. The second kappa shape index (κ2) is 10.8. The van der Waals surface area contributed by atoms with Crippen molar-refractivity contribution in [3.63, 3.8) is 0 Å². The molecule has 0 atom stereocenters. The summed E-state index contributed by atoms with van der Waals surface area (Å²) in [4.78, 5) is 24.8. The zero-order valence-corrected chi connectivity index (χ0v) is 20.2. The van der Waals surface area contributed by atoms with Gasteiger partial charge in [0.1, 0.15) is 16.5 Å². The van der Waals surface area contributed by atoms with E-state index in [9.17, 15) is 23.3 Å². The van der Waals surface area contributed by atoms with E-state index >= 15 is 0 Å². The monoisotopic (exact) mass is 513 g/mol. The second-order valence-corrected chi connectivity index (χ2v) is 9.83. The van der Waals surface area contributed by atoms with Gasteiger partial charge >= 0.3 is 5.97 Å². The Morgan fingerprint density at radius 2 is 1.89 bits per heavy atom. The second-order valence-electron chi connectivity index (χ2n) is 7.92. The highest BCUT2D eigenvalue weighted by molar-refractivity contribution is 7.89. The molecule has 1 fully saturated rings. The number of esters is 1. The highest BCUT2D eigenvalue weighted by Gasteiger charge is 2.29. The Labute approximate surface area is 207 Å². The number of hydrogen-bond acceptors (Lipinski definition) is 9. The number of nitrogens with zero attached hydrogens (tertiary/aromatic N) is 2. The van der Waals surface area contributed by atoms with E-state index in [0.717, 1.165) is 0 Å². The van der Waals surface area contributed by atoms with Gasteiger partial charge < -0.3 is 24.3 Å². The summed E-state index contributed by atoms with van der Waals surface area (Å²) < 4.78 is 48.3. The quantitative estimate of drug-likeness (QED) is 0.333. The number of ether oxygens (including phenoxy) is 4. The fraction of sp³-hybridized carbons (Fsp3) is 0.292. The number of hydrogen-bond donors (Lipinski definition) is 1. The van der Waals surface area contributed by atoms with Gasteiger partial charge in [-0.2, -0.15) is 9.57 Å². The number of fused-ring (bicyclic) bond motifs is 1. The van der Waals surface area contributed by atoms with Crippen molar-refractivity contribution in [2.24, 2.45) is 0 Å². The number of morpholine rings is 1. The zero-order valence-electron chi connectivity index (χ0n) is 19.4. The van der Waals surface area contributed by atoms with E-state index in [1.807, 2.05) is 0 Å². The molecule has 1 amide bonds. The highest BCUT2D eigenvalue weighted by atomic mass is 32.2. The molecule has 0 saturated carbocycles. The van der Waals surface area contributed by atoms with Crippen molar-refractivity contribution in [1.29, 1.82) is 5.26 Å². The maximum Gasteiger partial charge on any atom is 0.349 e. The number of anilines is 1. The minimum Gasteiger partial charge on any atom is -0.454 e. The maximum atomic E-state index is 13.2. The first-order valence-corrected chi connectivity index (χ1v) is 12.4. The molecule has 12 heteroatoms. The van der Waals surface area contributed by atoms with Crippen LogP contribution in [0.25, 0.3) is 6.08 Å². The molecule has 0 aliphatic carbocycles. The number of rotatable bonds is 7. The number of nitriles is 1. The predicted octanol–water partition coefficient (Wildman–Crippen LogP) is 1.83. The Morgan fingerprint density at radius 3 is 2.64 bits per heavy atom. The van der Waals surface area contributed by atoms with Gasteiger partial charge in [-0.15, -0.1) is 0 Å². The topological polar surface area (TPSA) is 144 Å². The molecule has 36 heavy (non-hydrogen) atoms. The number of benzene rings is 2. The molecule has 0 bridgehead atoms. The number of carbonyl (C=O) groups is 2. The fourth-order valence-electron chi connectivity index (χ4n) is 3.57. The standard InChI is InChI=1S/C24H23N3O8S/c1-16-2-4-19(22(10-16)36(30,31)27-6-8-32-9-7-27)26-23(28)14-33-24(29)18(13-25)11-17-3-5-20-21(12-17)35-15-34-20/h2-5,10-12H,6-9,14-15H2,1H3,(H,26,28)/b18-11+. The van der Waals surface area contributed by atoms with E-state index in [-0.39, 0.29) is 49.3 Å². The van der Waals surface area contributed by atoms with Gasteiger partial charge in [-0.05, 0) is 48.4 Å². The third-order valence-electron chi connectivity index (χ3n) is 5.38. The summed E-state index contributed by atoms with van der Waals surface area (Å²) in [5.41, 5.74) is 0.936. The Bertz CT molecular complexity index is 1360. The minimum absolute atomic E-state index is 0.0598. The molecule has 0 spiro atoms. The lowest BCUT2D eigenvalue weighted by Gasteiger charge is -2.27. The van der Waals surface area contributed by atoms with Crippen molar-refractivity contribution in [2.45, 2.75) is 11.8 Å². The maximum absolute atomic E-state index is 13.2. The van der Waals surface area contributed by atoms with Crippen LogP contribution in [0.5, 0.6) is 11.5 Å². The normalized spacial score (nSPS) is 15.7. The summed E-state index contributed by atoms with van der Waals surface area (Å²) in [5, 5.41) is 11.9. The molecular formula is C24H23N3O8S. The molecule has 4 rings (SSSR count). The Morgan fingerprint density at radius 1 is 1.14 bits per heavy atom. The van der Waals surface area contributed by atoms with Crippen LogP contribution in [-0.2, 0) is 29.1 Å². The third kappa shape index (κ3) is 5.65. The Kier molecular flexibility index (Phi) is 7.54. The van der Waals surface area contributed by atoms with Crippen molar-refractivity contribution < 1.29 is 37.0 Å². The summed E-state index contributed by atoms with van der Waals surface area (Å²) in [7, 11) is -3.89. The van der Waals surface area contributed by atoms with Crippen molar-refractivity contribution in [2.75, 3.05) is 45.0 Å². The molecule has 2 aliphatic rings. The van der Waals surface area contributed by atoms with Gasteiger partial charge in [0, 0.05) is 13.1 Å². The summed E-state index contributed by atoms with van der Waals surface area (Å²) in [6.07, 6.45) is 1.30. The molecule has 1 N–H and O–H groups in total. The van der Waals surface area contributed by atoms with Crippen molar-refractivity contribution in [3.8, 4) is 17.6 Å². The van der Waals surface area contributed by atoms with E-state index in [1.54, 1.807) is 37.3 Å². The van der Waals surface area contributed by atoms with Crippen LogP contribution in [0.4, 0.5) is 5.69 Å². The number of sulfonamides is 1. The van der Waals surface area contributed by atoms with Crippen LogP contribution >= 0.6 is 0 Å². The number of aryl methyl sites for hydroxylation is 1. The van der Waals surface area contributed by atoms with Gasteiger partial charge in [0.25, 0.3) is 5.91 Å². The first-order valence-electron chi connectivity index (χ1n) is 10.9. The molecule has 2 heterocycles. The van der Waals surface area contributed by atoms with E-state index < -0.39 is 28.5 Å². The summed E-state index contributed by atoms with van der Waals surface area (Å²) in [5.74, 6) is -0.730. The van der Waals surface area contributed by atoms with Gasteiger partial charge in [0.05, 0.1) is 18.9 Å². The van der Waals surface area contributed by atoms with Crippen LogP contribution < -0.4 is 14.8 Å². The van der Waals surface area contributed by atoms with Crippen LogP contribution in [0.3, 0.4) is 0 Å². The summed E-state index contributed by atoms with van der Waals surface area (Å²) in [6, 6.07) is 11.2. The lowest BCUT2D eigenvalue weighted by molar-refractivity contribution is -0.142. The number of nitrogens with one attached hydrogen (secondary N) is 1. The molecule has 2 aromatic carbocycles. The number of amides is 1. The molecular weight excluding hydrogens is 490 g/mol. The summed E-state index contributed by atoms with van der Waals surface area (Å²) in [6.45, 7) is 2.07. The van der Waals surface area contributed by atoms with Crippen LogP contribution in [0, 0.1) is 18.3 Å². The van der Waals surface area contributed by atoms with Crippen molar-refractivity contribution >= 4 is 33.7 Å². The van der Waals surface area contributed by atoms with Gasteiger partial charge in [0.2, 0.25) is 16.8 Å². The van der Waals surface area contributed by atoms with Crippen molar-refractivity contribution in [1.82, 2.24) is 4.31 Å². The predicted molar refractivity (Wildman–Crippen MR) is 127 cm³/mol. The van der Waals surface area contributed by atoms with Crippen LogP contribution in [0.2, 0.25) is 0 Å². The molecule has 0 unspecified atom stereocenters. The Hall–Kier alpha value is -3.92.